The molecule has 0 N–H and O–H groups in total. The Morgan fingerprint density at radius 1 is 1.05 bits per heavy atom. The fourth-order valence-electron chi connectivity index (χ4n) is 1.36. The van der Waals surface area contributed by atoms with Gasteiger partial charge in [-0.3, -0.25) is 9.59 Å². The van der Waals surface area contributed by atoms with E-state index in [1.165, 1.54) is 13.8 Å². The van der Waals surface area contributed by atoms with Gasteiger partial charge in [-0.1, -0.05) is 18.7 Å². The monoisotopic (exact) mass is 310 g/mol. The molecule has 0 heterocycles. The number of hydrogen-bond acceptors (Lipinski definition) is 4. The Kier molecular flexibility index (Phi) is 5.55. The molecule has 110 valence electrons. The van der Waals surface area contributed by atoms with Crippen LogP contribution in [0.5, 0.6) is 5.75 Å². The smallest absolute Gasteiger partial charge is 0.321 e. The second-order valence-corrected chi connectivity index (χ2v) is 4.82. The molecule has 0 amide bonds. The Balaban J connectivity index is 3.07. The van der Waals surface area contributed by atoms with Crippen LogP contribution in [0.4, 0.5) is 17.6 Å². The van der Waals surface area contributed by atoms with Crippen molar-refractivity contribution in [3.63, 3.8) is 0 Å². The van der Waals surface area contributed by atoms with Crippen LogP contribution < -0.4 is 4.74 Å². The van der Waals surface area contributed by atoms with E-state index in [-0.39, 0.29) is 6.42 Å². The molecule has 0 saturated heterocycles. The molecule has 0 unspecified atom stereocenters. The van der Waals surface area contributed by atoms with Crippen LogP contribution in [-0.4, -0.2) is 16.8 Å². The molecule has 0 radical (unpaired) electrons. The molecular formula is C12H10F4O3S. The van der Waals surface area contributed by atoms with Crippen LogP contribution in [0.3, 0.4) is 0 Å². The van der Waals surface area contributed by atoms with Gasteiger partial charge in [0.05, 0.1) is 5.75 Å². The molecule has 0 aliphatic rings. The van der Waals surface area contributed by atoms with E-state index < -0.39 is 51.4 Å². The Morgan fingerprint density at radius 3 is 1.95 bits per heavy atom. The summed E-state index contributed by atoms with van der Waals surface area (Å²) in [4.78, 5) is 21.8. The average Bonchev–Trinajstić information content (AvgIpc) is 2.40. The maximum absolute atomic E-state index is 13.5. The lowest BCUT2D eigenvalue weighted by Gasteiger charge is -2.10. The maximum atomic E-state index is 13.5. The van der Waals surface area contributed by atoms with Gasteiger partial charge in [0.1, 0.15) is 0 Å². The number of carbonyl (C=O) groups excluding carboxylic acids is 2. The van der Waals surface area contributed by atoms with Crippen LogP contribution in [0.1, 0.15) is 19.4 Å². The highest BCUT2D eigenvalue weighted by molar-refractivity contribution is 8.14. The van der Waals surface area contributed by atoms with Gasteiger partial charge in [-0.2, -0.15) is 8.78 Å². The molecule has 0 atom stereocenters. The third kappa shape index (κ3) is 3.50. The molecule has 0 spiro atoms. The van der Waals surface area contributed by atoms with Crippen molar-refractivity contribution in [3.8, 4) is 5.75 Å². The summed E-state index contributed by atoms with van der Waals surface area (Å²) in [6.07, 6.45) is -0.264. The molecule has 20 heavy (non-hydrogen) atoms. The van der Waals surface area contributed by atoms with Gasteiger partial charge < -0.3 is 4.74 Å². The van der Waals surface area contributed by atoms with Gasteiger partial charge in [0.25, 0.3) is 0 Å². The zero-order valence-corrected chi connectivity index (χ0v) is 11.4. The van der Waals surface area contributed by atoms with E-state index in [0.717, 1.165) is 0 Å². The van der Waals surface area contributed by atoms with Crippen molar-refractivity contribution in [1.29, 1.82) is 0 Å². The first kappa shape index (κ1) is 16.5. The Bertz CT molecular complexity index is 531. The number of halogens is 4. The highest BCUT2D eigenvalue weighted by Crippen LogP contribution is 2.30. The minimum Gasteiger partial charge on any atom is -0.419 e. The Labute approximate surface area is 116 Å². The quantitative estimate of drug-likeness (QED) is 0.371. The summed E-state index contributed by atoms with van der Waals surface area (Å²) in [7, 11) is 0. The summed E-state index contributed by atoms with van der Waals surface area (Å²) in [6.45, 7) is 2.49. The normalized spacial score (nSPS) is 10.5. The third-order valence-corrected chi connectivity index (χ3v) is 3.06. The SMILES string of the molecule is CCc1c(F)c(F)c(OC(=O)CSC(C)=O)c(F)c1F. The number of ether oxygens (including phenoxy) is 1. The first-order chi connectivity index (χ1) is 9.29. The maximum Gasteiger partial charge on any atom is 0.321 e. The summed E-state index contributed by atoms with van der Waals surface area (Å²) in [5, 5.41) is -0.415. The van der Waals surface area contributed by atoms with Crippen molar-refractivity contribution < 1.29 is 31.9 Å². The number of thioether (sulfide) groups is 1. The van der Waals surface area contributed by atoms with Gasteiger partial charge in [-0.25, -0.2) is 8.78 Å². The van der Waals surface area contributed by atoms with Crippen LogP contribution in [0, 0.1) is 23.3 Å². The molecule has 8 heteroatoms. The second kappa shape index (κ2) is 6.74. The van der Waals surface area contributed by atoms with Crippen molar-refractivity contribution in [3.05, 3.63) is 28.8 Å². The predicted molar refractivity (Wildman–Crippen MR) is 64.4 cm³/mol. The Hall–Kier alpha value is -1.57. The highest BCUT2D eigenvalue weighted by atomic mass is 32.2. The molecular weight excluding hydrogens is 300 g/mol. The molecule has 0 aliphatic carbocycles. The first-order valence-electron chi connectivity index (χ1n) is 5.48. The lowest BCUT2D eigenvalue weighted by atomic mass is 10.1. The van der Waals surface area contributed by atoms with Crippen molar-refractivity contribution in [1.82, 2.24) is 0 Å². The molecule has 0 aliphatic heterocycles. The van der Waals surface area contributed by atoms with Gasteiger partial charge in [0.15, 0.2) is 16.7 Å². The standard InChI is InChI=1S/C12H10F4O3S/c1-3-6-8(13)10(15)12(11(16)9(6)14)19-7(18)4-20-5(2)17/h3-4H2,1-2H3. The predicted octanol–water partition coefficient (Wildman–Crippen LogP) is 2.99. The fraction of sp³-hybridized carbons (Fsp3) is 0.333. The first-order valence-corrected chi connectivity index (χ1v) is 6.47. The third-order valence-electron chi connectivity index (χ3n) is 2.28. The number of rotatable bonds is 4. The lowest BCUT2D eigenvalue weighted by Crippen LogP contribution is -2.16. The summed E-state index contributed by atoms with van der Waals surface area (Å²) < 4.78 is 58.1. The van der Waals surface area contributed by atoms with E-state index in [4.69, 9.17) is 0 Å². The minimum atomic E-state index is -1.78. The number of carbonyl (C=O) groups is 2. The summed E-state index contributed by atoms with van der Waals surface area (Å²) in [6, 6.07) is 0. The molecule has 0 aromatic heterocycles. The molecule has 3 nitrogen and oxygen atoms in total. The molecule has 0 saturated carbocycles. The van der Waals surface area contributed by atoms with E-state index in [0.29, 0.717) is 11.8 Å². The molecule has 1 aromatic rings. The van der Waals surface area contributed by atoms with E-state index in [9.17, 15) is 27.2 Å². The molecule has 0 fully saturated rings. The molecule has 0 bridgehead atoms. The van der Waals surface area contributed by atoms with Crippen molar-refractivity contribution >= 4 is 22.8 Å². The number of benzene rings is 1. The van der Waals surface area contributed by atoms with Crippen molar-refractivity contribution in [2.24, 2.45) is 0 Å². The van der Waals surface area contributed by atoms with Crippen molar-refractivity contribution in [2.75, 3.05) is 5.75 Å². The largest absolute Gasteiger partial charge is 0.419 e. The van der Waals surface area contributed by atoms with Crippen LogP contribution in [0.15, 0.2) is 0 Å². The topological polar surface area (TPSA) is 43.4 Å². The fourth-order valence-corrected chi connectivity index (χ4v) is 1.74. The van der Waals surface area contributed by atoms with Gasteiger partial charge >= 0.3 is 5.97 Å². The molecule has 1 aromatic carbocycles. The van der Waals surface area contributed by atoms with Gasteiger partial charge in [-0.05, 0) is 6.42 Å². The highest BCUT2D eigenvalue weighted by Gasteiger charge is 2.27. The van der Waals surface area contributed by atoms with Crippen LogP contribution in [-0.2, 0) is 16.0 Å². The van der Waals surface area contributed by atoms with E-state index in [1.807, 2.05) is 0 Å². The van der Waals surface area contributed by atoms with Crippen LogP contribution in [0.2, 0.25) is 0 Å². The summed E-state index contributed by atoms with van der Waals surface area (Å²) in [5.74, 6) is -9.91. The summed E-state index contributed by atoms with van der Waals surface area (Å²) in [5.41, 5.74) is -0.766. The van der Waals surface area contributed by atoms with E-state index in [1.54, 1.807) is 0 Å². The van der Waals surface area contributed by atoms with E-state index >= 15 is 0 Å². The number of hydrogen-bond donors (Lipinski definition) is 0. The zero-order valence-electron chi connectivity index (χ0n) is 10.6. The molecule has 1 rings (SSSR count). The van der Waals surface area contributed by atoms with Gasteiger partial charge in [0, 0.05) is 12.5 Å². The number of esters is 1. The zero-order chi connectivity index (χ0) is 15.4. The van der Waals surface area contributed by atoms with Gasteiger partial charge in [-0.15, -0.1) is 0 Å². The Morgan fingerprint density at radius 2 is 1.55 bits per heavy atom. The second-order valence-electron chi connectivity index (χ2n) is 3.67. The minimum absolute atomic E-state index is 0.264. The van der Waals surface area contributed by atoms with Crippen LogP contribution >= 0.6 is 11.8 Å². The van der Waals surface area contributed by atoms with Gasteiger partial charge in [0.2, 0.25) is 17.4 Å². The van der Waals surface area contributed by atoms with E-state index in [2.05, 4.69) is 4.74 Å². The lowest BCUT2D eigenvalue weighted by molar-refractivity contribution is -0.132. The van der Waals surface area contributed by atoms with Crippen molar-refractivity contribution in [2.45, 2.75) is 20.3 Å². The average molecular weight is 310 g/mol. The summed E-state index contributed by atoms with van der Waals surface area (Å²) >= 11 is 0.541. The van der Waals surface area contributed by atoms with Crippen LogP contribution in [0.25, 0.3) is 0 Å².